The maximum absolute atomic E-state index is 4.10. The number of fused-ring (bicyclic) bond motifs is 1. The van der Waals surface area contributed by atoms with Gasteiger partial charge in [0.05, 0.1) is 0 Å². The minimum absolute atomic E-state index is 0.433. The molecule has 0 saturated carbocycles. The maximum Gasteiger partial charge on any atom is 0.0321 e. The predicted molar refractivity (Wildman–Crippen MR) is 78.0 cm³/mol. The second kappa shape index (κ2) is 5.54. The number of pyridine rings is 1. The van der Waals surface area contributed by atoms with Crippen LogP contribution in [0.5, 0.6) is 0 Å². The number of nitrogens with zero attached hydrogens (tertiary/aromatic N) is 1. The number of benzene rings is 1. The molecule has 1 aromatic heterocycles. The first-order valence-electron chi connectivity index (χ1n) is 7.09. The summed E-state index contributed by atoms with van der Waals surface area (Å²) in [7, 11) is 0. The van der Waals surface area contributed by atoms with E-state index in [1.165, 1.54) is 16.7 Å². The number of nitrogens with one attached hydrogen (secondary N) is 1. The van der Waals surface area contributed by atoms with E-state index < -0.39 is 0 Å². The molecule has 98 valence electrons. The van der Waals surface area contributed by atoms with Crippen molar-refractivity contribution in [2.45, 2.75) is 38.3 Å². The van der Waals surface area contributed by atoms with Gasteiger partial charge >= 0.3 is 0 Å². The van der Waals surface area contributed by atoms with E-state index in [4.69, 9.17) is 0 Å². The summed E-state index contributed by atoms with van der Waals surface area (Å²) in [4.78, 5) is 4.10. The zero-order valence-corrected chi connectivity index (χ0v) is 11.3. The van der Waals surface area contributed by atoms with Crippen LogP contribution in [-0.2, 0) is 12.8 Å². The Hall–Kier alpha value is -1.67. The van der Waals surface area contributed by atoms with Crippen molar-refractivity contribution in [3.8, 4) is 0 Å². The average molecular weight is 252 g/mol. The molecule has 2 nitrogen and oxygen atoms in total. The highest BCUT2D eigenvalue weighted by atomic mass is 15.0. The molecule has 2 heteroatoms. The monoisotopic (exact) mass is 252 g/mol. The Morgan fingerprint density at radius 3 is 2.32 bits per heavy atom. The van der Waals surface area contributed by atoms with Crippen LogP contribution in [0.1, 0.15) is 36.1 Å². The summed E-state index contributed by atoms with van der Waals surface area (Å²) >= 11 is 0. The van der Waals surface area contributed by atoms with Gasteiger partial charge < -0.3 is 5.32 Å². The van der Waals surface area contributed by atoms with E-state index in [1.54, 1.807) is 0 Å². The van der Waals surface area contributed by atoms with Gasteiger partial charge in [0.1, 0.15) is 0 Å². The van der Waals surface area contributed by atoms with Crippen molar-refractivity contribution in [2.75, 3.05) is 0 Å². The summed E-state index contributed by atoms with van der Waals surface area (Å²) in [5, 5.41) is 3.80. The lowest BCUT2D eigenvalue weighted by molar-refractivity contribution is 0.435. The van der Waals surface area contributed by atoms with E-state index in [1.807, 2.05) is 12.4 Å². The van der Waals surface area contributed by atoms with E-state index in [2.05, 4.69) is 53.6 Å². The third-order valence-corrected chi connectivity index (χ3v) is 4.00. The smallest absolute Gasteiger partial charge is 0.0321 e. The van der Waals surface area contributed by atoms with Crippen LogP contribution in [0.4, 0.5) is 0 Å². The van der Waals surface area contributed by atoms with Crippen molar-refractivity contribution in [3.05, 3.63) is 65.5 Å². The first-order chi connectivity index (χ1) is 9.36. The van der Waals surface area contributed by atoms with Crippen molar-refractivity contribution in [3.63, 3.8) is 0 Å². The van der Waals surface area contributed by atoms with Crippen LogP contribution in [-0.4, -0.2) is 11.0 Å². The third-order valence-electron chi connectivity index (χ3n) is 4.00. The van der Waals surface area contributed by atoms with Crippen LogP contribution in [0.3, 0.4) is 0 Å². The van der Waals surface area contributed by atoms with Gasteiger partial charge in [0.25, 0.3) is 0 Å². The van der Waals surface area contributed by atoms with Crippen molar-refractivity contribution < 1.29 is 0 Å². The fraction of sp³-hybridized carbons (Fsp3) is 0.353. The molecule has 0 radical (unpaired) electrons. The van der Waals surface area contributed by atoms with E-state index in [0.717, 1.165) is 19.3 Å². The molecule has 1 atom stereocenters. The molecule has 0 bridgehead atoms. The molecule has 1 heterocycles. The van der Waals surface area contributed by atoms with Gasteiger partial charge in [-0.1, -0.05) is 31.2 Å². The highest BCUT2D eigenvalue weighted by Crippen LogP contribution is 2.25. The van der Waals surface area contributed by atoms with Gasteiger partial charge in [0.15, 0.2) is 0 Å². The van der Waals surface area contributed by atoms with Crippen molar-refractivity contribution in [1.82, 2.24) is 10.3 Å². The lowest BCUT2D eigenvalue weighted by Gasteiger charge is -2.22. The van der Waals surface area contributed by atoms with Gasteiger partial charge in [0, 0.05) is 24.5 Å². The molecule has 3 rings (SSSR count). The molecule has 2 aromatic rings. The van der Waals surface area contributed by atoms with Crippen LogP contribution >= 0.6 is 0 Å². The minimum Gasteiger partial charge on any atom is -0.307 e. The SMILES string of the molecule is CCC(NC1Cc2ccccc2C1)c1ccncc1. The van der Waals surface area contributed by atoms with Crippen LogP contribution < -0.4 is 5.32 Å². The van der Waals surface area contributed by atoms with Crippen molar-refractivity contribution >= 4 is 0 Å². The van der Waals surface area contributed by atoms with E-state index in [0.29, 0.717) is 12.1 Å². The second-order valence-corrected chi connectivity index (χ2v) is 5.28. The van der Waals surface area contributed by atoms with E-state index in [-0.39, 0.29) is 0 Å². The summed E-state index contributed by atoms with van der Waals surface area (Å²) in [5.41, 5.74) is 4.35. The van der Waals surface area contributed by atoms with Gasteiger partial charge in [-0.25, -0.2) is 0 Å². The molecular formula is C17H20N2. The van der Waals surface area contributed by atoms with Gasteiger partial charge in [-0.3, -0.25) is 4.98 Å². The average Bonchev–Trinajstić information content (AvgIpc) is 2.88. The summed E-state index contributed by atoms with van der Waals surface area (Å²) < 4.78 is 0. The first kappa shape index (κ1) is 12.4. The van der Waals surface area contributed by atoms with Crippen LogP contribution in [0.15, 0.2) is 48.8 Å². The molecule has 1 aromatic carbocycles. The molecule has 1 unspecified atom stereocenters. The number of hydrogen-bond donors (Lipinski definition) is 1. The van der Waals surface area contributed by atoms with Crippen molar-refractivity contribution in [2.24, 2.45) is 0 Å². The van der Waals surface area contributed by atoms with Crippen LogP contribution in [0.25, 0.3) is 0 Å². The summed E-state index contributed by atoms with van der Waals surface area (Å²) in [6.07, 6.45) is 7.17. The molecule has 1 aliphatic carbocycles. The zero-order valence-electron chi connectivity index (χ0n) is 11.3. The third kappa shape index (κ3) is 2.69. The Kier molecular flexibility index (Phi) is 3.60. The quantitative estimate of drug-likeness (QED) is 0.903. The highest BCUT2D eigenvalue weighted by Gasteiger charge is 2.23. The normalized spacial score (nSPS) is 16.3. The summed E-state index contributed by atoms with van der Waals surface area (Å²) in [6.45, 7) is 2.24. The number of rotatable bonds is 4. The predicted octanol–water partition coefficient (Wildman–Crippen LogP) is 3.29. The second-order valence-electron chi connectivity index (χ2n) is 5.28. The lowest BCUT2D eigenvalue weighted by atomic mass is 10.0. The topological polar surface area (TPSA) is 24.9 Å². The number of hydrogen-bond acceptors (Lipinski definition) is 2. The molecule has 1 aliphatic rings. The number of aromatic nitrogens is 1. The summed E-state index contributed by atoms with van der Waals surface area (Å²) in [6, 6.07) is 14.0. The standard InChI is InChI=1S/C17H20N2/c1-2-17(13-7-9-18-10-8-13)19-16-11-14-5-3-4-6-15(14)12-16/h3-10,16-17,19H,2,11-12H2,1H3. The van der Waals surface area contributed by atoms with Gasteiger partial charge in [-0.05, 0) is 48.1 Å². The highest BCUT2D eigenvalue weighted by molar-refractivity contribution is 5.33. The molecule has 0 amide bonds. The minimum atomic E-state index is 0.433. The van der Waals surface area contributed by atoms with Crippen LogP contribution in [0.2, 0.25) is 0 Å². The fourth-order valence-electron chi connectivity index (χ4n) is 3.01. The molecular weight excluding hydrogens is 232 g/mol. The first-order valence-corrected chi connectivity index (χ1v) is 7.09. The van der Waals surface area contributed by atoms with Crippen LogP contribution in [0, 0.1) is 0 Å². The molecule has 19 heavy (non-hydrogen) atoms. The largest absolute Gasteiger partial charge is 0.307 e. The Morgan fingerprint density at radius 2 is 1.74 bits per heavy atom. The van der Waals surface area contributed by atoms with Gasteiger partial charge in [0.2, 0.25) is 0 Å². The molecule has 0 aliphatic heterocycles. The Bertz CT molecular complexity index is 511. The van der Waals surface area contributed by atoms with Gasteiger partial charge in [-0.15, -0.1) is 0 Å². The maximum atomic E-state index is 4.10. The van der Waals surface area contributed by atoms with Crippen molar-refractivity contribution in [1.29, 1.82) is 0 Å². The Morgan fingerprint density at radius 1 is 1.11 bits per heavy atom. The summed E-state index contributed by atoms with van der Waals surface area (Å²) in [5.74, 6) is 0. The molecule has 0 fully saturated rings. The Balaban J connectivity index is 1.69. The molecule has 0 spiro atoms. The fourth-order valence-corrected chi connectivity index (χ4v) is 3.01. The molecule has 0 saturated heterocycles. The lowest BCUT2D eigenvalue weighted by Crippen LogP contribution is -2.33. The van der Waals surface area contributed by atoms with E-state index >= 15 is 0 Å². The Labute approximate surface area is 114 Å². The van der Waals surface area contributed by atoms with Gasteiger partial charge in [-0.2, -0.15) is 0 Å². The zero-order chi connectivity index (χ0) is 13.1. The van der Waals surface area contributed by atoms with E-state index in [9.17, 15) is 0 Å². The molecule has 1 N–H and O–H groups in total.